The number of carbonyl (C=O) groups excluding carboxylic acids is 1. The summed E-state index contributed by atoms with van der Waals surface area (Å²) >= 11 is 0. The maximum Gasteiger partial charge on any atom is 0.410 e. The minimum atomic E-state index is -0.439. The molecule has 0 saturated carbocycles. The first kappa shape index (κ1) is 24.9. The van der Waals surface area contributed by atoms with Crippen LogP contribution in [-0.2, 0) is 11.3 Å². The lowest BCUT2D eigenvalue weighted by molar-refractivity contribution is 0.0834. The molecule has 1 atom stereocenters. The van der Waals surface area contributed by atoms with Crippen LogP contribution in [0.25, 0.3) is 22.2 Å². The molecule has 1 heterocycles. The summed E-state index contributed by atoms with van der Waals surface area (Å²) in [5, 5.41) is 0.797. The first-order valence-corrected chi connectivity index (χ1v) is 12.0. The van der Waals surface area contributed by atoms with Gasteiger partial charge < -0.3 is 4.74 Å². The van der Waals surface area contributed by atoms with Gasteiger partial charge in [0.25, 0.3) is 0 Å². The quantitative estimate of drug-likeness (QED) is 0.217. The van der Waals surface area contributed by atoms with Crippen LogP contribution in [0.15, 0.2) is 110 Å². The second-order valence-electron chi connectivity index (χ2n) is 8.49. The number of hydrogen-bond acceptors (Lipinski definition) is 3. The highest BCUT2D eigenvalue weighted by Gasteiger charge is 2.28. The van der Waals surface area contributed by atoms with Crippen LogP contribution >= 0.6 is 0 Å². The molecule has 0 saturated heterocycles. The molecule has 4 aromatic rings. The second-order valence-corrected chi connectivity index (χ2v) is 8.49. The van der Waals surface area contributed by atoms with Gasteiger partial charge in [0.15, 0.2) is 0 Å². The summed E-state index contributed by atoms with van der Waals surface area (Å²) in [6.45, 7) is 8.22. The normalized spacial score (nSPS) is 11.6. The maximum absolute atomic E-state index is 14.0. The number of hydrogen-bond donors (Lipinski definition) is 0. The maximum atomic E-state index is 14.0. The molecule has 0 aliphatic rings. The van der Waals surface area contributed by atoms with Crippen molar-refractivity contribution in [1.82, 2.24) is 9.88 Å². The summed E-state index contributed by atoms with van der Waals surface area (Å²) in [7, 11) is 0. The number of fused-ring (bicyclic) bond motifs is 1. The van der Waals surface area contributed by atoms with Crippen LogP contribution in [0.3, 0.4) is 0 Å². The zero-order valence-corrected chi connectivity index (χ0v) is 20.1. The van der Waals surface area contributed by atoms with Crippen LogP contribution in [0.5, 0.6) is 0 Å². The van der Waals surface area contributed by atoms with Crippen LogP contribution in [0.2, 0.25) is 0 Å². The van der Waals surface area contributed by atoms with Crippen LogP contribution in [0, 0.1) is 5.82 Å². The van der Waals surface area contributed by atoms with Crippen molar-refractivity contribution in [2.24, 2.45) is 0 Å². The number of halogens is 1. The molecule has 36 heavy (non-hydrogen) atoms. The first-order valence-electron chi connectivity index (χ1n) is 12.0. The predicted octanol–water partition coefficient (Wildman–Crippen LogP) is 7.87. The third-order valence-electron chi connectivity index (χ3n) is 6.00. The highest BCUT2D eigenvalue weighted by molar-refractivity contribution is 5.84. The van der Waals surface area contributed by atoms with Gasteiger partial charge in [0.1, 0.15) is 12.4 Å². The van der Waals surface area contributed by atoms with Crippen LogP contribution in [-0.4, -0.2) is 22.5 Å². The molecule has 0 unspecified atom stereocenters. The molecule has 0 aliphatic heterocycles. The van der Waals surface area contributed by atoms with Crippen molar-refractivity contribution in [3.63, 3.8) is 0 Å². The van der Waals surface area contributed by atoms with Crippen molar-refractivity contribution in [2.45, 2.75) is 25.5 Å². The highest BCUT2D eigenvalue weighted by atomic mass is 19.1. The molecule has 1 aromatic heterocycles. The van der Waals surface area contributed by atoms with E-state index in [4.69, 9.17) is 9.72 Å². The average Bonchev–Trinajstić information content (AvgIpc) is 2.92. The van der Waals surface area contributed by atoms with E-state index in [1.807, 2.05) is 72.8 Å². The van der Waals surface area contributed by atoms with Gasteiger partial charge in [0, 0.05) is 29.1 Å². The fourth-order valence-electron chi connectivity index (χ4n) is 4.26. The van der Waals surface area contributed by atoms with Gasteiger partial charge in [-0.3, -0.25) is 4.90 Å². The Morgan fingerprint density at radius 1 is 0.972 bits per heavy atom. The van der Waals surface area contributed by atoms with E-state index >= 15 is 0 Å². The summed E-state index contributed by atoms with van der Waals surface area (Å²) in [6.07, 6.45) is 4.38. The molecule has 0 radical (unpaired) electrons. The third-order valence-corrected chi connectivity index (χ3v) is 6.00. The topological polar surface area (TPSA) is 42.4 Å². The second kappa shape index (κ2) is 11.9. The summed E-state index contributed by atoms with van der Waals surface area (Å²) in [5.74, 6) is -0.345. The Bertz CT molecular complexity index is 1340. The van der Waals surface area contributed by atoms with E-state index in [-0.39, 0.29) is 18.5 Å². The van der Waals surface area contributed by atoms with E-state index in [9.17, 15) is 9.18 Å². The molecule has 0 N–H and O–H groups in total. The summed E-state index contributed by atoms with van der Waals surface area (Å²) in [6, 6.07) is 25.5. The van der Waals surface area contributed by atoms with Gasteiger partial charge in [0.05, 0.1) is 17.3 Å². The summed E-state index contributed by atoms with van der Waals surface area (Å²) in [5.41, 5.74) is 3.92. The van der Waals surface area contributed by atoms with Gasteiger partial charge in [0.2, 0.25) is 0 Å². The Morgan fingerprint density at radius 2 is 1.69 bits per heavy atom. The molecule has 182 valence electrons. The van der Waals surface area contributed by atoms with Gasteiger partial charge in [-0.25, -0.2) is 14.2 Å². The van der Waals surface area contributed by atoms with Crippen molar-refractivity contribution in [3.05, 3.63) is 127 Å². The zero-order chi connectivity index (χ0) is 25.3. The van der Waals surface area contributed by atoms with E-state index in [2.05, 4.69) is 13.2 Å². The Balaban J connectivity index is 1.79. The average molecular weight is 481 g/mol. The fourth-order valence-corrected chi connectivity index (χ4v) is 4.26. The van der Waals surface area contributed by atoms with Crippen molar-refractivity contribution < 1.29 is 13.9 Å². The van der Waals surface area contributed by atoms with E-state index < -0.39 is 6.09 Å². The van der Waals surface area contributed by atoms with E-state index in [0.717, 1.165) is 22.1 Å². The number of pyridine rings is 1. The summed E-state index contributed by atoms with van der Waals surface area (Å²) < 4.78 is 19.7. The van der Waals surface area contributed by atoms with E-state index in [1.54, 1.807) is 17.0 Å². The van der Waals surface area contributed by atoms with Gasteiger partial charge in [-0.15, -0.1) is 13.2 Å². The van der Waals surface area contributed by atoms with Gasteiger partial charge in [-0.05, 0) is 36.6 Å². The fraction of sp³-hybridized carbons (Fsp3) is 0.161. The van der Waals surface area contributed by atoms with Gasteiger partial charge in [-0.1, -0.05) is 72.8 Å². The van der Waals surface area contributed by atoms with Crippen LogP contribution in [0.1, 0.15) is 30.0 Å². The molecule has 0 aliphatic carbocycles. The van der Waals surface area contributed by atoms with Gasteiger partial charge in [-0.2, -0.15) is 0 Å². The largest absolute Gasteiger partial charge is 0.445 e. The predicted molar refractivity (Wildman–Crippen MR) is 143 cm³/mol. The van der Waals surface area contributed by atoms with Gasteiger partial charge >= 0.3 is 6.09 Å². The van der Waals surface area contributed by atoms with Crippen molar-refractivity contribution in [1.29, 1.82) is 0 Å². The monoisotopic (exact) mass is 480 g/mol. The lowest BCUT2D eigenvalue weighted by Crippen LogP contribution is -2.36. The zero-order valence-electron chi connectivity index (χ0n) is 20.1. The molecular weight excluding hydrogens is 451 g/mol. The molecule has 0 spiro atoms. The first-order chi connectivity index (χ1) is 17.6. The molecule has 1 amide bonds. The molecular formula is C31H29FN2O2. The van der Waals surface area contributed by atoms with Crippen LogP contribution < -0.4 is 0 Å². The smallest absolute Gasteiger partial charge is 0.410 e. The molecule has 4 nitrogen and oxygen atoms in total. The summed E-state index contributed by atoms with van der Waals surface area (Å²) in [4.78, 5) is 19.9. The number of ether oxygens (including phenoxy) is 1. The third kappa shape index (κ3) is 5.87. The molecule has 5 heteroatoms. The van der Waals surface area contributed by atoms with E-state index in [0.29, 0.717) is 30.6 Å². The van der Waals surface area contributed by atoms with Crippen molar-refractivity contribution >= 4 is 17.0 Å². The number of benzene rings is 3. The lowest BCUT2D eigenvalue weighted by Gasteiger charge is -2.32. The molecule has 0 fully saturated rings. The molecule has 0 bridgehead atoms. The Labute approximate surface area is 211 Å². The minimum Gasteiger partial charge on any atom is -0.445 e. The van der Waals surface area contributed by atoms with Crippen molar-refractivity contribution in [2.75, 3.05) is 6.54 Å². The van der Waals surface area contributed by atoms with Crippen molar-refractivity contribution in [3.8, 4) is 11.3 Å². The number of allylic oxidation sites excluding steroid dienone is 1. The SMILES string of the molecule is C=CCC[C@@H](c1cc2ccc(F)cc2nc1-c1ccccc1)N(CC=C)C(=O)OCc1ccccc1. The van der Waals surface area contributed by atoms with E-state index in [1.165, 1.54) is 12.1 Å². The Morgan fingerprint density at radius 3 is 2.39 bits per heavy atom. The number of rotatable bonds is 10. The standard InChI is InChI=1S/C31H29FN2O2/c1-3-5-16-29(34(19-4-2)31(35)36-22-23-12-8-6-9-13-23)27-20-25-17-18-26(32)21-28(25)33-30(27)24-14-10-7-11-15-24/h3-4,6-15,17-18,20-21,29H,1-2,5,16,19,22H2/t29-/m0/s1. The number of carbonyl (C=O) groups is 1. The van der Waals surface area contributed by atoms with Crippen LogP contribution in [0.4, 0.5) is 9.18 Å². The molecule has 3 aromatic carbocycles. The number of amides is 1. The number of nitrogens with zero attached hydrogens (tertiary/aromatic N) is 2. The minimum absolute atomic E-state index is 0.169. The Hall–Kier alpha value is -4.25. The Kier molecular flexibility index (Phi) is 8.24. The number of aromatic nitrogens is 1. The lowest BCUT2D eigenvalue weighted by atomic mass is 9.93. The highest BCUT2D eigenvalue weighted by Crippen LogP contribution is 2.36. The molecule has 4 rings (SSSR count).